The highest BCUT2D eigenvalue weighted by atomic mass is 35.5. The van der Waals surface area contributed by atoms with Crippen molar-refractivity contribution in [1.29, 1.82) is 0 Å². The maximum atomic E-state index is 12.0. The minimum absolute atomic E-state index is 0.0271. The molecule has 0 saturated carbocycles. The Morgan fingerprint density at radius 1 is 0.974 bits per heavy atom. The number of amides is 1. The Bertz CT molecular complexity index is 1220. The van der Waals surface area contributed by atoms with Crippen molar-refractivity contribution in [2.45, 2.75) is 19.8 Å². The van der Waals surface area contributed by atoms with Crippen molar-refractivity contribution >= 4 is 74.8 Å². The number of nitrogen functional groups attached to an aromatic ring is 4. The van der Waals surface area contributed by atoms with E-state index >= 15 is 0 Å². The van der Waals surface area contributed by atoms with E-state index in [-0.39, 0.29) is 5.91 Å². The maximum Gasteiger partial charge on any atom is 0.238 e. The first-order valence-corrected chi connectivity index (χ1v) is 13.6. The van der Waals surface area contributed by atoms with Gasteiger partial charge in [-0.25, -0.2) is 0 Å². The highest BCUT2D eigenvalue weighted by Crippen LogP contribution is 2.25. The molecule has 0 aromatic heterocycles. The number of hydrogen-bond donors (Lipinski definition) is 5. The van der Waals surface area contributed by atoms with E-state index in [1.165, 1.54) is 6.42 Å². The molecule has 1 heterocycles. The minimum atomic E-state index is -0.0271. The SMILES string of the molecule is CC1CCCN(CC(=O)Nc2ccc(N)cc2Cl)C1.CN(C)c1ccc(Cl)cc1N.Nc1cccc(Cl)c1N. The van der Waals surface area contributed by atoms with Gasteiger partial charge in [-0.15, -0.1) is 0 Å². The average Bonchev–Trinajstić information content (AvgIpc) is 2.85. The van der Waals surface area contributed by atoms with E-state index in [2.05, 4.69) is 17.1 Å². The smallest absolute Gasteiger partial charge is 0.238 e. The second-order valence-electron chi connectivity index (χ2n) is 9.61. The van der Waals surface area contributed by atoms with E-state index in [9.17, 15) is 4.79 Å². The number of likely N-dealkylation sites (tertiary alicyclic amines) is 1. The molecule has 3 aromatic rings. The van der Waals surface area contributed by atoms with Crippen LogP contribution in [0.3, 0.4) is 0 Å². The van der Waals surface area contributed by atoms with Crippen LogP contribution in [-0.2, 0) is 4.79 Å². The fraction of sp³-hybridized carbons (Fsp3) is 0.321. The molecule has 4 rings (SSSR count). The van der Waals surface area contributed by atoms with Gasteiger partial charge in [-0.2, -0.15) is 0 Å². The Hall–Kier alpha value is -3.04. The van der Waals surface area contributed by atoms with Gasteiger partial charge in [0.25, 0.3) is 0 Å². The zero-order valence-corrected chi connectivity index (χ0v) is 24.8. The molecule has 8 nitrogen and oxygen atoms in total. The van der Waals surface area contributed by atoms with Gasteiger partial charge < -0.3 is 33.2 Å². The number of halogens is 3. The first-order valence-electron chi connectivity index (χ1n) is 12.5. The Morgan fingerprint density at radius 2 is 1.69 bits per heavy atom. The third-order valence-corrected chi connectivity index (χ3v) is 6.81. The molecule has 0 aliphatic carbocycles. The van der Waals surface area contributed by atoms with Gasteiger partial charge in [0.2, 0.25) is 5.91 Å². The topological polar surface area (TPSA) is 140 Å². The lowest BCUT2D eigenvalue weighted by atomic mass is 10.0. The molecule has 1 aliphatic rings. The third-order valence-electron chi connectivity index (χ3n) is 5.93. The van der Waals surface area contributed by atoms with Gasteiger partial charge in [-0.1, -0.05) is 47.8 Å². The summed E-state index contributed by atoms with van der Waals surface area (Å²) < 4.78 is 0. The molecule has 1 unspecified atom stereocenters. The summed E-state index contributed by atoms with van der Waals surface area (Å²) in [7, 11) is 3.89. The standard InChI is InChI=1S/C14H20ClN3O.C8H11ClN2.C6H7ClN2/c1-10-3-2-6-18(8-10)9-14(19)17-13-5-4-11(16)7-12(13)15;1-11(2)8-4-3-6(9)5-7(8)10;7-4-2-1-3-5(8)6(4)9/h4-5,7,10H,2-3,6,8-9,16H2,1H3,(H,17,19);3-5H,10H2,1-2H3;1-3H,8-9H2. The second-order valence-corrected chi connectivity index (χ2v) is 10.9. The van der Waals surface area contributed by atoms with Gasteiger partial charge in [0.1, 0.15) is 0 Å². The normalized spacial score (nSPS) is 14.8. The summed E-state index contributed by atoms with van der Waals surface area (Å²) in [5.74, 6) is 0.641. The summed E-state index contributed by atoms with van der Waals surface area (Å²) in [6.45, 7) is 4.63. The van der Waals surface area contributed by atoms with Gasteiger partial charge in [-0.3, -0.25) is 9.69 Å². The molecule has 0 bridgehead atoms. The van der Waals surface area contributed by atoms with Crippen molar-refractivity contribution in [3.8, 4) is 0 Å². The highest BCUT2D eigenvalue weighted by Gasteiger charge is 2.18. The van der Waals surface area contributed by atoms with Crippen LogP contribution in [0.2, 0.25) is 15.1 Å². The summed E-state index contributed by atoms with van der Waals surface area (Å²) in [4.78, 5) is 16.1. The molecule has 39 heavy (non-hydrogen) atoms. The lowest BCUT2D eigenvalue weighted by molar-refractivity contribution is -0.117. The van der Waals surface area contributed by atoms with Crippen molar-refractivity contribution < 1.29 is 4.79 Å². The molecule has 0 radical (unpaired) electrons. The van der Waals surface area contributed by atoms with E-state index in [4.69, 9.17) is 57.7 Å². The van der Waals surface area contributed by atoms with Crippen LogP contribution in [0.25, 0.3) is 0 Å². The molecule has 1 fully saturated rings. The quantitative estimate of drug-likeness (QED) is 0.230. The number of nitrogens with one attached hydrogen (secondary N) is 1. The monoisotopic (exact) mass is 593 g/mol. The molecular formula is C28H38Cl3N7O. The largest absolute Gasteiger partial charge is 0.399 e. The third kappa shape index (κ3) is 10.9. The number of carbonyl (C=O) groups is 1. The Morgan fingerprint density at radius 3 is 2.26 bits per heavy atom. The summed E-state index contributed by atoms with van der Waals surface area (Å²) >= 11 is 17.4. The average molecular weight is 595 g/mol. The number of nitrogens with two attached hydrogens (primary N) is 4. The Balaban J connectivity index is 0.000000226. The number of benzene rings is 3. The van der Waals surface area contributed by atoms with Crippen molar-refractivity contribution in [2.75, 3.05) is 66.9 Å². The Labute approximate surface area is 246 Å². The molecule has 1 atom stereocenters. The summed E-state index contributed by atoms with van der Waals surface area (Å²) in [6, 6.07) is 15.7. The van der Waals surface area contributed by atoms with E-state index < -0.39 is 0 Å². The van der Waals surface area contributed by atoms with E-state index in [0.29, 0.717) is 56.0 Å². The molecule has 11 heteroatoms. The fourth-order valence-corrected chi connectivity index (χ4v) is 4.54. The molecule has 0 spiro atoms. The predicted octanol–water partition coefficient (Wildman–Crippen LogP) is 6.09. The van der Waals surface area contributed by atoms with Crippen LogP contribution in [0, 0.1) is 5.92 Å². The molecule has 9 N–H and O–H groups in total. The molecule has 1 amide bonds. The van der Waals surface area contributed by atoms with Gasteiger partial charge in [-0.05, 0) is 73.8 Å². The summed E-state index contributed by atoms with van der Waals surface area (Å²) in [5.41, 5.74) is 26.1. The Kier molecular flexibility index (Phi) is 12.8. The van der Waals surface area contributed by atoms with Crippen LogP contribution in [0.5, 0.6) is 0 Å². The summed E-state index contributed by atoms with van der Waals surface area (Å²) in [6.07, 6.45) is 2.42. The number of anilines is 6. The first kappa shape index (κ1) is 32.2. The van der Waals surface area contributed by atoms with Crippen LogP contribution in [0.4, 0.5) is 34.1 Å². The fourth-order valence-electron chi connectivity index (χ4n) is 3.94. The predicted molar refractivity (Wildman–Crippen MR) is 170 cm³/mol. The van der Waals surface area contributed by atoms with Crippen molar-refractivity contribution in [1.82, 2.24) is 4.90 Å². The van der Waals surface area contributed by atoms with Crippen molar-refractivity contribution in [2.24, 2.45) is 5.92 Å². The number of nitrogens with zero attached hydrogens (tertiary/aromatic N) is 2. The minimum Gasteiger partial charge on any atom is -0.399 e. The number of para-hydroxylation sites is 1. The maximum absolute atomic E-state index is 12.0. The zero-order chi connectivity index (χ0) is 29.1. The highest BCUT2D eigenvalue weighted by molar-refractivity contribution is 6.34. The lowest BCUT2D eigenvalue weighted by Crippen LogP contribution is -2.39. The number of hydrogen-bond acceptors (Lipinski definition) is 7. The molecule has 212 valence electrons. The zero-order valence-electron chi connectivity index (χ0n) is 22.6. The van der Waals surface area contributed by atoms with Gasteiger partial charge in [0.05, 0.1) is 45.0 Å². The lowest BCUT2D eigenvalue weighted by Gasteiger charge is -2.30. The van der Waals surface area contributed by atoms with E-state index in [1.807, 2.05) is 31.1 Å². The van der Waals surface area contributed by atoms with Crippen LogP contribution >= 0.6 is 34.8 Å². The van der Waals surface area contributed by atoms with Crippen LogP contribution in [0.1, 0.15) is 19.8 Å². The number of carbonyl (C=O) groups excluding carboxylic acids is 1. The van der Waals surface area contributed by atoms with Crippen molar-refractivity contribution in [3.63, 3.8) is 0 Å². The van der Waals surface area contributed by atoms with Crippen LogP contribution < -0.4 is 33.2 Å². The number of piperidine rings is 1. The van der Waals surface area contributed by atoms with E-state index in [1.54, 1.807) is 42.5 Å². The van der Waals surface area contributed by atoms with Crippen LogP contribution in [-0.4, -0.2) is 44.5 Å². The molecule has 1 aliphatic heterocycles. The number of rotatable bonds is 4. The second kappa shape index (κ2) is 15.5. The summed E-state index contributed by atoms with van der Waals surface area (Å²) in [5, 5.41) is 4.49. The molecular weight excluding hydrogens is 557 g/mol. The van der Waals surface area contributed by atoms with Crippen LogP contribution in [0.15, 0.2) is 54.6 Å². The molecule has 1 saturated heterocycles. The van der Waals surface area contributed by atoms with Crippen molar-refractivity contribution in [3.05, 3.63) is 69.7 Å². The molecule has 3 aromatic carbocycles. The van der Waals surface area contributed by atoms with Gasteiger partial charge >= 0.3 is 0 Å². The van der Waals surface area contributed by atoms with E-state index in [0.717, 1.165) is 25.2 Å². The van der Waals surface area contributed by atoms with Gasteiger partial charge in [0, 0.05) is 31.4 Å². The first-order chi connectivity index (χ1) is 18.4. The van der Waals surface area contributed by atoms with Gasteiger partial charge in [0.15, 0.2) is 0 Å².